The highest BCUT2D eigenvalue weighted by atomic mass is 19.1. The summed E-state index contributed by atoms with van der Waals surface area (Å²) in [6, 6.07) is 0.357. The normalized spacial score (nSPS) is 18.5. The maximum Gasteiger partial charge on any atom is 0.341 e. The van der Waals surface area contributed by atoms with Crippen LogP contribution in [0.5, 0.6) is 0 Å². The number of benzene rings is 1. The van der Waals surface area contributed by atoms with Gasteiger partial charge in [0.15, 0.2) is 5.96 Å². The number of nitrogens with zero attached hydrogens (tertiary/aromatic N) is 3. The Hall–Kier alpha value is -3.67. The fourth-order valence-electron chi connectivity index (χ4n) is 5.21. The third-order valence-electron chi connectivity index (χ3n) is 7.17. The van der Waals surface area contributed by atoms with Crippen molar-refractivity contribution in [3.05, 3.63) is 39.4 Å². The van der Waals surface area contributed by atoms with Gasteiger partial charge in [-0.25, -0.2) is 9.18 Å². The summed E-state index contributed by atoms with van der Waals surface area (Å²) >= 11 is 0. The Morgan fingerprint density at radius 2 is 1.97 bits per heavy atom. The number of carboxylic acids is 1. The third kappa shape index (κ3) is 5.38. The summed E-state index contributed by atoms with van der Waals surface area (Å²) in [5, 5.41) is 9.55. The molecule has 3 heterocycles. The minimum Gasteiger partial charge on any atom is -0.477 e. The average Bonchev–Trinajstić information content (AvgIpc) is 2.85. The number of guanidine groups is 1. The second-order valence-corrected chi connectivity index (χ2v) is 9.73. The van der Waals surface area contributed by atoms with Gasteiger partial charge in [-0.2, -0.15) is 0 Å². The van der Waals surface area contributed by atoms with E-state index >= 15 is 4.39 Å². The number of rotatable bonds is 8. The lowest BCUT2D eigenvalue weighted by molar-refractivity contribution is -0.151. The number of ether oxygens (including phenoxy) is 1. The zero-order valence-electron chi connectivity index (χ0n) is 20.8. The number of halogens is 1. The molecule has 2 aliphatic heterocycles. The number of anilines is 1. The summed E-state index contributed by atoms with van der Waals surface area (Å²) in [4.78, 5) is 42.6. The van der Waals surface area contributed by atoms with Gasteiger partial charge in [0.05, 0.1) is 11.2 Å². The number of aromatic carboxylic acids is 1. The second-order valence-electron chi connectivity index (χ2n) is 9.73. The molecule has 11 nitrogen and oxygen atoms in total. The highest BCUT2D eigenvalue weighted by Gasteiger charge is 2.31. The van der Waals surface area contributed by atoms with Gasteiger partial charge in [0.25, 0.3) is 0 Å². The van der Waals surface area contributed by atoms with E-state index in [1.54, 1.807) is 4.57 Å². The number of piperidine rings is 1. The first kappa shape index (κ1) is 26.4. The van der Waals surface area contributed by atoms with Gasteiger partial charge in [0.2, 0.25) is 5.43 Å². The second kappa shape index (κ2) is 10.8. The Labute approximate surface area is 213 Å². The Kier molecular flexibility index (Phi) is 7.67. The van der Waals surface area contributed by atoms with Gasteiger partial charge in [0, 0.05) is 55.7 Å². The Morgan fingerprint density at radius 1 is 1.27 bits per heavy atom. The molecule has 12 heteroatoms. The monoisotopic (exact) mass is 516 g/mol. The summed E-state index contributed by atoms with van der Waals surface area (Å²) in [6.45, 7) is 3.25. The minimum atomic E-state index is -1.33. The molecule has 37 heavy (non-hydrogen) atoms. The molecule has 1 aromatic carbocycles. The van der Waals surface area contributed by atoms with E-state index in [1.165, 1.54) is 6.20 Å². The lowest BCUT2D eigenvalue weighted by Crippen LogP contribution is -2.42. The highest BCUT2D eigenvalue weighted by Crippen LogP contribution is 2.39. The maximum atomic E-state index is 15.5. The first-order valence-electron chi connectivity index (χ1n) is 12.5. The first-order valence-corrected chi connectivity index (χ1v) is 12.5. The standard InChI is InChI=1S/C25H33FN6O5/c1-13-4-5-15-20-16(22(33)17(23(34)35)12-32(13)20)11-18(26)21(15)31-9-6-14(7-10-31)37-24(36)19(27)3-2-8-30-25(28)29/h11-14,19H,2-10,27H2,1H3,(H,34,35)(H4,28,29,30)/t13-,19-/m1/s1. The molecule has 2 aromatic rings. The molecule has 7 N–H and O–H groups in total. The van der Waals surface area contributed by atoms with Crippen molar-refractivity contribution in [3.63, 3.8) is 0 Å². The number of nitrogens with two attached hydrogens (primary N) is 3. The molecule has 0 amide bonds. The van der Waals surface area contributed by atoms with Crippen LogP contribution in [0.15, 0.2) is 22.1 Å². The molecule has 1 fully saturated rings. The van der Waals surface area contributed by atoms with E-state index in [9.17, 15) is 19.5 Å². The lowest BCUT2D eigenvalue weighted by atomic mass is 9.93. The minimum absolute atomic E-state index is 0.0114. The first-order chi connectivity index (χ1) is 17.6. The Morgan fingerprint density at radius 3 is 2.62 bits per heavy atom. The number of carbonyl (C=O) groups is 2. The maximum absolute atomic E-state index is 15.5. The molecule has 200 valence electrons. The van der Waals surface area contributed by atoms with Crippen LogP contribution in [0.1, 0.15) is 61.0 Å². The van der Waals surface area contributed by atoms with Crippen molar-refractivity contribution in [3.8, 4) is 0 Å². The van der Waals surface area contributed by atoms with E-state index < -0.39 is 29.2 Å². The van der Waals surface area contributed by atoms with Crippen molar-refractivity contribution in [2.24, 2.45) is 22.2 Å². The molecule has 1 aromatic heterocycles. The number of hydrogen-bond acceptors (Lipinski definition) is 7. The van der Waals surface area contributed by atoms with Crippen molar-refractivity contribution in [1.29, 1.82) is 0 Å². The van der Waals surface area contributed by atoms with E-state index in [2.05, 4.69) is 4.99 Å². The van der Waals surface area contributed by atoms with Gasteiger partial charge in [0.1, 0.15) is 23.5 Å². The van der Waals surface area contributed by atoms with E-state index in [0.717, 1.165) is 6.07 Å². The molecule has 0 unspecified atom stereocenters. The van der Waals surface area contributed by atoms with Crippen molar-refractivity contribution in [1.82, 2.24) is 4.57 Å². The van der Waals surface area contributed by atoms with Crippen LogP contribution in [0.25, 0.3) is 10.9 Å². The fourth-order valence-corrected chi connectivity index (χ4v) is 5.21. The number of carboxylic acid groups (broad SMARTS) is 1. The predicted molar refractivity (Wildman–Crippen MR) is 137 cm³/mol. The van der Waals surface area contributed by atoms with E-state index in [1.807, 2.05) is 11.8 Å². The van der Waals surface area contributed by atoms with Crippen LogP contribution in [0.4, 0.5) is 10.1 Å². The van der Waals surface area contributed by atoms with Gasteiger partial charge in [-0.1, -0.05) is 0 Å². The lowest BCUT2D eigenvalue weighted by Gasteiger charge is -2.37. The molecule has 4 rings (SSSR count). The van der Waals surface area contributed by atoms with Gasteiger partial charge >= 0.3 is 11.9 Å². The molecule has 0 saturated carbocycles. The molecular weight excluding hydrogens is 483 g/mol. The van der Waals surface area contributed by atoms with E-state index in [0.29, 0.717) is 74.9 Å². The molecule has 0 spiro atoms. The van der Waals surface area contributed by atoms with Gasteiger partial charge in [-0.15, -0.1) is 0 Å². The molecule has 1 saturated heterocycles. The SMILES string of the molecule is C[C@@H]1CCc2c(N3CCC(OC(=O)[C@H](N)CCCN=C(N)N)CC3)c(F)cc3c(=O)c(C(=O)O)cn1c23. The largest absolute Gasteiger partial charge is 0.477 e. The van der Waals surface area contributed by atoms with Crippen LogP contribution in [0, 0.1) is 5.82 Å². The number of esters is 1. The number of aryl methyl sites for hydroxylation is 1. The molecule has 2 atom stereocenters. The number of aliphatic imine (C=N–C) groups is 1. The Bertz CT molecular complexity index is 1300. The fraction of sp³-hybridized carbons (Fsp3) is 0.520. The summed E-state index contributed by atoms with van der Waals surface area (Å²) in [5.74, 6) is -2.38. The van der Waals surface area contributed by atoms with Crippen LogP contribution >= 0.6 is 0 Å². The van der Waals surface area contributed by atoms with Crippen LogP contribution in [0.3, 0.4) is 0 Å². The van der Waals surface area contributed by atoms with Crippen LogP contribution < -0.4 is 27.5 Å². The third-order valence-corrected chi connectivity index (χ3v) is 7.17. The number of carbonyl (C=O) groups excluding carboxylic acids is 1. The predicted octanol–water partition coefficient (Wildman–Crippen LogP) is 1.24. The highest BCUT2D eigenvalue weighted by molar-refractivity contribution is 5.95. The van der Waals surface area contributed by atoms with Crippen molar-refractivity contribution in [2.75, 3.05) is 24.5 Å². The quantitative estimate of drug-likeness (QED) is 0.174. The van der Waals surface area contributed by atoms with Gasteiger partial charge in [-0.05, 0) is 38.7 Å². The van der Waals surface area contributed by atoms with Crippen LogP contribution in [-0.2, 0) is 16.0 Å². The summed E-state index contributed by atoms with van der Waals surface area (Å²) in [5.41, 5.74) is 17.2. The molecule has 2 aliphatic rings. The van der Waals surface area contributed by atoms with Gasteiger partial charge < -0.3 is 36.5 Å². The number of pyridine rings is 1. The molecule has 0 bridgehead atoms. The molecule has 0 aliphatic carbocycles. The smallest absolute Gasteiger partial charge is 0.341 e. The number of hydrogen-bond donors (Lipinski definition) is 4. The van der Waals surface area contributed by atoms with E-state index in [4.69, 9.17) is 21.9 Å². The topological polar surface area (TPSA) is 179 Å². The molecular formula is C25H33FN6O5. The summed E-state index contributed by atoms with van der Waals surface area (Å²) < 4.78 is 22.8. The molecule has 0 radical (unpaired) electrons. The van der Waals surface area contributed by atoms with Crippen LogP contribution in [-0.4, -0.2) is 59.4 Å². The van der Waals surface area contributed by atoms with Crippen molar-refractivity contribution in [2.45, 2.75) is 63.6 Å². The summed E-state index contributed by atoms with van der Waals surface area (Å²) in [6.07, 6.45) is 4.25. The zero-order valence-corrected chi connectivity index (χ0v) is 20.8. The Balaban J connectivity index is 1.49. The van der Waals surface area contributed by atoms with Crippen LogP contribution in [0.2, 0.25) is 0 Å². The average molecular weight is 517 g/mol. The summed E-state index contributed by atoms with van der Waals surface area (Å²) in [7, 11) is 0. The number of aromatic nitrogens is 1. The zero-order chi connectivity index (χ0) is 26.9. The van der Waals surface area contributed by atoms with Crippen molar-refractivity contribution >= 4 is 34.5 Å². The van der Waals surface area contributed by atoms with Crippen molar-refractivity contribution < 1.29 is 23.8 Å². The van der Waals surface area contributed by atoms with Gasteiger partial charge in [-0.3, -0.25) is 14.6 Å². The van der Waals surface area contributed by atoms with E-state index in [-0.39, 0.29) is 29.1 Å².